The zero-order valence-corrected chi connectivity index (χ0v) is 28.1. The van der Waals surface area contributed by atoms with Gasteiger partial charge in [-0.25, -0.2) is 12.8 Å². The smallest absolute Gasteiger partial charge is 0.264 e. The van der Waals surface area contributed by atoms with Crippen molar-refractivity contribution in [2.75, 3.05) is 24.0 Å². The van der Waals surface area contributed by atoms with E-state index < -0.39 is 34.3 Å². The maximum atomic E-state index is 14.5. The van der Waals surface area contributed by atoms with Crippen LogP contribution in [0.5, 0.6) is 5.75 Å². The van der Waals surface area contributed by atoms with Crippen LogP contribution in [0.1, 0.15) is 31.4 Å². The highest BCUT2D eigenvalue weighted by Crippen LogP contribution is 2.27. The number of halogens is 2. The Kier molecular flexibility index (Phi) is 12.3. The lowest BCUT2D eigenvalue weighted by molar-refractivity contribution is -0.140. The van der Waals surface area contributed by atoms with Crippen molar-refractivity contribution < 1.29 is 27.1 Å². The summed E-state index contributed by atoms with van der Waals surface area (Å²) in [7, 11) is -4.35. The third kappa shape index (κ3) is 9.17. The third-order valence-electron chi connectivity index (χ3n) is 7.18. The molecule has 11 heteroatoms. The number of rotatable bonds is 15. The molecular weight excluding hydrogens is 673 g/mol. The highest BCUT2D eigenvalue weighted by Gasteiger charge is 2.34. The summed E-state index contributed by atoms with van der Waals surface area (Å²) in [6.45, 7) is 4.03. The Labute approximate surface area is 278 Å². The highest BCUT2D eigenvalue weighted by atomic mass is 79.9. The van der Waals surface area contributed by atoms with Gasteiger partial charge in [0.15, 0.2) is 0 Å². The van der Waals surface area contributed by atoms with Crippen LogP contribution in [0.3, 0.4) is 0 Å². The van der Waals surface area contributed by atoms with E-state index in [0.717, 1.165) is 44.2 Å². The van der Waals surface area contributed by atoms with Crippen molar-refractivity contribution >= 4 is 43.5 Å². The molecule has 4 aromatic carbocycles. The monoisotopic (exact) mass is 709 g/mol. The van der Waals surface area contributed by atoms with Gasteiger partial charge in [-0.15, -0.1) is 0 Å². The van der Waals surface area contributed by atoms with Crippen molar-refractivity contribution in [1.82, 2.24) is 10.2 Å². The lowest BCUT2D eigenvalue weighted by atomic mass is 10.0. The number of carbonyl (C=O) groups is 2. The van der Waals surface area contributed by atoms with Crippen molar-refractivity contribution in [2.45, 2.75) is 44.2 Å². The number of nitrogens with one attached hydrogen (secondary N) is 1. The molecule has 1 N–H and O–H groups in total. The van der Waals surface area contributed by atoms with E-state index in [-0.39, 0.29) is 29.5 Å². The van der Waals surface area contributed by atoms with Crippen molar-refractivity contribution in [3.05, 3.63) is 125 Å². The molecule has 0 bridgehead atoms. The molecule has 0 fully saturated rings. The van der Waals surface area contributed by atoms with Crippen molar-refractivity contribution in [3.63, 3.8) is 0 Å². The molecule has 1 atom stereocenters. The van der Waals surface area contributed by atoms with Crippen LogP contribution in [0.2, 0.25) is 0 Å². The summed E-state index contributed by atoms with van der Waals surface area (Å²) in [6, 6.07) is 26.5. The zero-order chi connectivity index (χ0) is 33.1. The highest BCUT2D eigenvalue weighted by molar-refractivity contribution is 9.10. The number of benzene rings is 4. The molecule has 0 aliphatic rings. The molecule has 2 amide bonds. The molecule has 0 saturated carbocycles. The molecule has 4 aromatic rings. The Balaban J connectivity index is 1.79. The maximum absolute atomic E-state index is 14.5. The van der Waals surface area contributed by atoms with Crippen molar-refractivity contribution in [1.29, 1.82) is 0 Å². The lowest BCUT2D eigenvalue weighted by Crippen LogP contribution is -2.53. The standard InChI is InChI=1S/C35H37BrFN3O5S/c1-3-21-38-35(42)33(23-26-9-6-5-7-10-26)39(24-27-11-8-12-28(36)22-27)34(41)25-40(30-15-17-31(18-16-30)45-4-2)46(43,44)32-19-13-29(37)14-20-32/h5-20,22,33H,3-4,21,23-25H2,1-2H3,(H,38,42). The lowest BCUT2D eigenvalue weighted by Gasteiger charge is -2.34. The van der Waals surface area contributed by atoms with Crippen LogP contribution in [-0.4, -0.2) is 50.9 Å². The van der Waals surface area contributed by atoms with E-state index in [4.69, 9.17) is 4.74 Å². The van der Waals surface area contributed by atoms with Gasteiger partial charge in [-0.2, -0.15) is 0 Å². The molecule has 46 heavy (non-hydrogen) atoms. The molecule has 4 rings (SSSR count). The first kappa shape index (κ1) is 34.6. The molecule has 0 aliphatic heterocycles. The van der Waals surface area contributed by atoms with E-state index in [9.17, 15) is 22.4 Å². The van der Waals surface area contributed by atoms with Gasteiger partial charge >= 0.3 is 0 Å². The predicted molar refractivity (Wildman–Crippen MR) is 180 cm³/mol. The maximum Gasteiger partial charge on any atom is 0.264 e. The van der Waals surface area contributed by atoms with E-state index in [0.29, 0.717) is 25.3 Å². The quantitative estimate of drug-likeness (QED) is 0.155. The van der Waals surface area contributed by atoms with Crippen molar-refractivity contribution in [2.24, 2.45) is 0 Å². The summed E-state index contributed by atoms with van der Waals surface area (Å²) in [5.74, 6) is -0.997. The van der Waals surface area contributed by atoms with Crippen LogP contribution in [-0.2, 0) is 32.6 Å². The van der Waals surface area contributed by atoms with Gasteiger partial charge in [0.1, 0.15) is 24.2 Å². The molecular formula is C35H37BrFN3O5S. The van der Waals surface area contributed by atoms with Crippen LogP contribution >= 0.6 is 15.9 Å². The van der Waals surface area contributed by atoms with Gasteiger partial charge in [0.25, 0.3) is 10.0 Å². The minimum absolute atomic E-state index is 0.0447. The van der Waals surface area contributed by atoms with Crippen molar-refractivity contribution in [3.8, 4) is 5.75 Å². The number of nitrogens with zero attached hydrogens (tertiary/aromatic N) is 2. The number of hydrogen-bond donors (Lipinski definition) is 1. The van der Waals surface area contributed by atoms with Gasteiger partial charge in [0.05, 0.1) is 17.2 Å². The SMILES string of the molecule is CCCNC(=O)C(Cc1ccccc1)N(Cc1cccc(Br)c1)C(=O)CN(c1ccc(OCC)cc1)S(=O)(=O)c1ccc(F)cc1. The average molecular weight is 711 g/mol. The normalized spacial score (nSPS) is 11.8. The number of sulfonamides is 1. The molecule has 8 nitrogen and oxygen atoms in total. The van der Waals surface area contributed by atoms with E-state index in [1.165, 1.54) is 4.90 Å². The summed E-state index contributed by atoms with van der Waals surface area (Å²) < 4.78 is 49.2. The fourth-order valence-corrected chi connectivity index (χ4v) is 6.75. The molecule has 0 radical (unpaired) electrons. The van der Waals surface area contributed by atoms with Crippen LogP contribution in [0, 0.1) is 5.82 Å². The predicted octanol–water partition coefficient (Wildman–Crippen LogP) is 6.35. The van der Waals surface area contributed by atoms with Gasteiger partial charge < -0.3 is 15.0 Å². The number of carbonyl (C=O) groups excluding carboxylic acids is 2. The Morgan fingerprint density at radius 1 is 0.891 bits per heavy atom. The second kappa shape index (κ2) is 16.4. The Hall–Kier alpha value is -4.22. The molecule has 0 aromatic heterocycles. The summed E-state index contributed by atoms with van der Waals surface area (Å²) in [4.78, 5) is 29.4. The molecule has 0 saturated heterocycles. The summed E-state index contributed by atoms with van der Waals surface area (Å²) in [6.07, 6.45) is 0.911. The number of anilines is 1. The fraction of sp³-hybridized carbons (Fsp3) is 0.257. The molecule has 0 spiro atoms. The molecule has 242 valence electrons. The average Bonchev–Trinajstić information content (AvgIpc) is 3.05. The minimum Gasteiger partial charge on any atom is -0.494 e. The summed E-state index contributed by atoms with van der Waals surface area (Å²) >= 11 is 3.48. The fourth-order valence-electron chi connectivity index (χ4n) is 4.89. The van der Waals surface area contributed by atoms with Gasteiger partial charge in [0.2, 0.25) is 11.8 Å². The van der Waals surface area contributed by atoms with Crippen LogP contribution in [0.15, 0.2) is 112 Å². The Morgan fingerprint density at radius 3 is 2.20 bits per heavy atom. The first-order valence-electron chi connectivity index (χ1n) is 15.0. The molecule has 1 unspecified atom stereocenters. The van der Waals surface area contributed by atoms with Gasteiger partial charge in [-0.1, -0.05) is 65.3 Å². The van der Waals surface area contributed by atoms with E-state index >= 15 is 0 Å². The molecule has 0 heterocycles. The summed E-state index contributed by atoms with van der Waals surface area (Å²) in [5, 5.41) is 2.93. The van der Waals surface area contributed by atoms with Crippen LogP contribution in [0.4, 0.5) is 10.1 Å². The van der Waals surface area contributed by atoms with Crippen LogP contribution < -0.4 is 14.4 Å². The number of amides is 2. The Morgan fingerprint density at radius 2 is 1.57 bits per heavy atom. The van der Waals surface area contributed by atoms with E-state index in [1.807, 2.05) is 68.4 Å². The van der Waals surface area contributed by atoms with Gasteiger partial charge in [-0.3, -0.25) is 13.9 Å². The summed E-state index contributed by atoms with van der Waals surface area (Å²) in [5.41, 5.74) is 1.80. The minimum atomic E-state index is -4.35. The zero-order valence-electron chi connectivity index (χ0n) is 25.7. The van der Waals surface area contributed by atoms with Crippen LogP contribution in [0.25, 0.3) is 0 Å². The largest absolute Gasteiger partial charge is 0.494 e. The third-order valence-corrected chi connectivity index (χ3v) is 9.46. The first-order chi connectivity index (χ1) is 22.1. The first-order valence-corrected chi connectivity index (χ1v) is 17.2. The topological polar surface area (TPSA) is 96.0 Å². The number of ether oxygens (including phenoxy) is 1. The molecule has 0 aliphatic carbocycles. The second-order valence-electron chi connectivity index (χ2n) is 10.5. The van der Waals surface area contributed by atoms with Gasteiger partial charge in [0, 0.05) is 24.0 Å². The number of hydrogen-bond acceptors (Lipinski definition) is 5. The Bertz CT molecular complexity index is 1700. The van der Waals surface area contributed by atoms with E-state index in [2.05, 4.69) is 21.2 Å². The van der Waals surface area contributed by atoms with Gasteiger partial charge in [-0.05, 0) is 85.1 Å². The van der Waals surface area contributed by atoms with E-state index in [1.54, 1.807) is 24.3 Å². The second-order valence-corrected chi connectivity index (χ2v) is 13.3.